The van der Waals surface area contributed by atoms with Crippen LogP contribution in [0.3, 0.4) is 0 Å². The van der Waals surface area contributed by atoms with Crippen molar-refractivity contribution in [1.82, 2.24) is 10.3 Å². The molecule has 1 aliphatic carbocycles. The summed E-state index contributed by atoms with van der Waals surface area (Å²) in [5.41, 5.74) is 1.08. The van der Waals surface area contributed by atoms with E-state index in [2.05, 4.69) is 10.3 Å². The monoisotopic (exact) mass is 250 g/mol. The molecule has 0 aliphatic heterocycles. The summed E-state index contributed by atoms with van der Waals surface area (Å²) < 4.78 is 5.66. The van der Waals surface area contributed by atoms with Crippen LogP contribution in [0.5, 0.6) is 5.75 Å². The Kier molecular flexibility index (Phi) is 3.88. The maximum Gasteiger partial charge on any atom is 0.142 e. The molecular formula is C14H22N2O2. The largest absolute Gasteiger partial charge is 0.489 e. The molecule has 1 saturated carbocycles. The first-order valence-corrected chi connectivity index (χ1v) is 6.49. The van der Waals surface area contributed by atoms with Crippen LogP contribution >= 0.6 is 0 Å². The van der Waals surface area contributed by atoms with Crippen LogP contribution in [0.2, 0.25) is 0 Å². The van der Waals surface area contributed by atoms with E-state index in [9.17, 15) is 5.11 Å². The van der Waals surface area contributed by atoms with Crippen molar-refractivity contribution >= 4 is 0 Å². The van der Waals surface area contributed by atoms with E-state index in [1.807, 2.05) is 19.1 Å². The quantitative estimate of drug-likeness (QED) is 0.808. The zero-order valence-corrected chi connectivity index (χ0v) is 11.4. The van der Waals surface area contributed by atoms with Crippen LogP contribution in [-0.4, -0.2) is 28.3 Å². The van der Waals surface area contributed by atoms with Crippen molar-refractivity contribution in [3.8, 4) is 5.75 Å². The highest BCUT2D eigenvalue weighted by Crippen LogP contribution is 2.22. The molecule has 4 nitrogen and oxygen atoms in total. The van der Waals surface area contributed by atoms with Crippen LogP contribution in [0.25, 0.3) is 0 Å². The van der Waals surface area contributed by atoms with Crippen molar-refractivity contribution in [3.63, 3.8) is 0 Å². The Morgan fingerprint density at radius 3 is 2.78 bits per heavy atom. The summed E-state index contributed by atoms with van der Waals surface area (Å²) in [6, 6.07) is 4.51. The molecule has 0 saturated heterocycles. The van der Waals surface area contributed by atoms with Crippen LogP contribution in [0.15, 0.2) is 12.1 Å². The Hall–Kier alpha value is -1.13. The fourth-order valence-electron chi connectivity index (χ4n) is 1.64. The summed E-state index contributed by atoms with van der Waals surface area (Å²) in [7, 11) is 0. The molecule has 0 atom stereocenters. The number of pyridine rings is 1. The van der Waals surface area contributed by atoms with E-state index < -0.39 is 5.60 Å². The molecule has 0 amide bonds. The lowest BCUT2D eigenvalue weighted by Gasteiger charge is -2.19. The van der Waals surface area contributed by atoms with Crippen LogP contribution in [0.1, 0.15) is 38.1 Å². The van der Waals surface area contributed by atoms with Crippen molar-refractivity contribution in [3.05, 3.63) is 23.5 Å². The Balaban J connectivity index is 2.01. The highest BCUT2D eigenvalue weighted by atomic mass is 16.5. The first-order chi connectivity index (χ1) is 8.44. The van der Waals surface area contributed by atoms with Crippen molar-refractivity contribution < 1.29 is 9.84 Å². The fourth-order valence-corrected chi connectivity index (χ4v) is 1.64. The van der Waals surface area contributed by atoms with Gasteiger partial charge in [-0.2, -0.15) is 0 Å². The summed E-state index contributed by atoms with van der Waals surface area (Å²) in [5.74, 6) is 0.760. The third-order valence-corrected chi connectivity index (χ3v) is 2.79. The lowest BCUT2D eigenvalue weighted by molar-refractivity contribution is 0.0279. The summed E-state index contributed by atoms with van der Waals surface area (Å²) in [6.07, 6.45) is 2.51. The second kappa shape index (κ2) is 5.24. The van der Waals surface area contributed by atoms with Crippen molar-refractivity contribution in [2.45, 2.75) is 51.8 Å². The van der Waals surface area contributed by atoms with Crippen LogP contribution in [0.4, 0.5) is 0 Å². The Labute approximate surface area is 108 Å². The predicted octanol–water partition coefficient (Wildman–Crippen LogP) is 1.79. The van der Waals surface area contributed by atoms with E-state index in [4.69, 9.17) is 4.74 Å². The van der Waals surface area contributed by atoms with Crippen LogP contribution < -0.4 is 10.1 Å². The zero-order chi connectivity index (χ0) is 13.2. The Morgan fingerprint density at radius 2 is 2.17 bits per heavy atom. The zero-order valence-electron chi connectivity index (χ0n) is 11.4. The topological polar surface area (TPSA) is 54.4 Å². The van der Waals surface area contributed by atoms with Gasteiger partial charge in [-0.05, 0) is 45.7 Å². The number of rotatable bonds is 6. The Morgan fingerprint density at radius 1 is 1.44 bits per heavy atom. The summed E-state index contributed by atoms with van der Waals surface area (Å²) in [6.45, 7) is 6.44. The minimum absolute atomic E-state index is 0.272. The number of aryl methyl sites for hydroxylation is 1. The summed E-state index contributed by atoms with van der Waals surface area (Å²) >= 11 is 0. The molecule has 1 aromatic heterocycles. The maximum atomic E-state index is 9.69. The molecule has 2 N–H and O–H groups in total. The standard InChI is InChI=1S/C14H22N2O2/c1-10-4-7-13(18-9-14(2,3)17)12(16-10)8-15-11-5-6-11/h4,7,11,15,17H,5-6,8-9H2,1-3H3. The van der Waals surface area contributed by atoms with E-state index >= 15 is 0 Å². The second-order valence-electron chi connectivity index (χ2n) is 5.65. The van der Waals surface area contributed by atoms with Gasteiger partial charge in [-0.1, -0.05) is 0 Å². The van der Waals surface area contributed by atoms with Gasteiger partial charge >= 0.3 is 0 Å². The van der Waals surface area contributed by atoms with Gasteiger partial charge in [0.1, 0.15) is 12.4 Å². The molecule has 0 aromatic carbocycles. The summed E-state index contributed by atoms with van der Waals surface area (Å²) in [5, 5.41) is 13.1. The Bertz CT molecular complexity index is 409. The first-order valence-electron chi connectivity index (χ1n) is 6.49. The van der Waals surface area contributed by atoms with Crippen molar-refractivity contribution in [2.75, 3.05) is 6.61 Å². The highest BCUT2D eigenvalue weighted by molar-refractivity contribution is 5.29. The fraction of sp³-hybridized carbons (Fsp3) is 0.643. The van der Waals surface area contributed by atoms with Gasteiger partial charge in [0, 0.05) is 18.3 Å². The van der Waals surface area contributed by atoms with Crippen molar-refractivity contribution in [1.29, 1.82) is 0 Å². The molecule has 1 fully saturated rings. The molecule has 2 rings (SSSR count). The smallest absolute Gasteiger partial charge is 0.142 e. The van der Waals surface area contributed by atoms with E-state index in [0.29, 0.717) is 6.04 Å². The highest BCUT2D eigenvalue weighted by Gasteiger charge is 2.21. The molecule has 0 spiro atoms. The normalized spacial score (nSPS) is 15.8. The minimum Gasteiger partial charge on any atom is -0.489 e. The van der Waals surface area contributed by atoms with Crippen molar-refractivity contribution in [2.24, 2.45) is 0 Å². The van der Waals surface area contributed by atoms with Gasteiger partial charge < -0.3 is 15.2 Å². The van der Waals surface area contributed by atoms with E-state index in [1.165, 1.54) is 12.8 Å². The predicted molar refractivity (Wildman–Crippen MR) is 70.6 cm³/mol. The molecule has 0 unspecified atom stereocenters. The second-order valence-corrected chi connectivity index (χ2v) is 5.65. The number of nitrogens with one attached hydrogen (secondary N) is 1. The number of nitrogens with zero attached hydrogens (tertiary/aromatic N) is 1. The molecule has 18 heavy (non-hydrogen) atoms. The summed E-state index contributed by atoms with van der Waals surface area (Å²) in [4.78, 5) is 4.50. The van der Waals surface area contributed by atoms with Gasteiger partial charge in [0.25, 0.3) is 0 Å². The number of aliphatic hydroxyl groups is 1. The average Bonchev–Trinajstić information content (AvgIpc) is 3.07. The number of hydrogen-bond acceptors (Lipinski definition) is 4. The lowest BCUT2D eigenvalue weighted by Crippen LogP contribution is -2.28. The van der Waals surface area contributed by atoms with Gasteiger partial charge in [-0.25, -0.2) is 0 Å². The lowest BCUT2D eigenvalue weighted by atomic mass is 10.2. The van der Waals surface area contributed by atoms with Gasteiger partial charge in [0.15, 0.2) is 0 Å². The van der Waals surface area contributed by atoms with Gasteiger partial charge in [0.05, 0.1) is 11.3 Å². The third kappa shape index (κ3) is 4.27. The molecule has 1 aliphatic rings. The van der Waals surface area contributed by atoms with Gasteiger partial charge in [0.2, 0.25) is 0 Å². The van der Waals surface area contributed by atoms with Crippen LogP contribution in [-0.2, 0) is 6.54 Å². The number of aromatic nitrogens is 1. The maximum absolute atomic E-state index is 9.69. The third-order valence-electron chi connectivity index (χ3n) is 2.79. The van der Waals surface area contributed by atoms with E-state index in [-0.39, 0.29) is 6.61 Å². The van der Waals surface area contributed by atoms with Gasteiger partial charge in [-0.3, -0.25) is 4.98 Å². The van der Waals surface area contributed by atoms with Crippen LogP contribution in [0, 0.1) is 6.92 Å². The SMILES string of the molecule is Cc1ccc(OCC(C)(C)O)c(CNC2CC2)n1. The number of ether oxygens (including phenoxy) is 1. The average molecular weight is 250 g/mol. The molecule has 100 valence electrons. The van der Waals surface area contributed by atoms with E-state index in [0.717, 1.165) is 23.7 Å². The van der Waals surface area contributed by atoms with E-state index in [1.54, 1.807) is 13.8 Å². The molecule has 4 heteroatoms. The molecule has 0 bridgehead atoms. The molecule has 1 heterocycles. The molecular weight excluding hydrogens is 228 g/mol. The molecule has 1 aromatic rings. The van der Waals surface area contributed by atoms with Gasteiger partial charge in [-0.15, -0.1) is 0 Å². The number of hydrogen-bond donors (Lipinski definition) is 2. The first kappa shape index (κ1) is 13.3. The minimum atomic E-state index is -0.827. The molecule has 0 radical (unpaired) electrons.